The summed E-state index contributed by atoms with van der Waals surface area (Å²) in [4.78, 5) is 0. The quantitative estimate of drug-likeness (QED) is 0.775. The van der Waals surface area contributed by atoms with Gasteiger partial charge in [-0.05, 0) is 24.2 Å². The minimum Gasteiger partial charge on any atom is -0.502 e. The third kappa shape index (κ3) is 2.76. The Labute approximate surface area is 89.8 Å². The molecule has 0 aliphatic heterocycles. The van der Waals surface area contributed by atoms with Crippen molar-refractivity contribution in [1.29, 1.82) is 0 Å². The van der Waals surface area contributed by atoms with Crippen LogP contribution in [0.25, 0.3) is 0 Å². The summed E-state index contributed by atoms with van der Waals surface area (Å²) >= 11 is 0. The van der Waals surface area contributed by atoms with Crippen LogP contribution in [0.2, 0.25) is 0 Å². The number of hydrogen-bond acceptors (Lipinski definition) is 4. The molecule has 0 fully saturated rings. The normalized spacial score (nSPS) is 10.1. The highest BCUT2D eigenvalue weighted by atomic mass is 16.5. The molecule has 0 bridgehead atoms. The molecule has 0 heterocycles. The lowest BCUT2D eigenvalue weighted by atomic mass is 10.2. The Morgan fingerprint density at radius 1 is 1.20 bits per heavy atom. The Morgan fingerprint density at radius 2 is 1.73 bits per heavy atom. The van der Waals surface area contributed by atoms with Crippen LogP contribution >= 0.6 is 0 Å². The fourth-order valence-electron chi connectivity index (χ4n) is 1.32. The molecule has 0 unspecified atom stereocenters. The van der Waals surface area contributed by atoms with E-state index >= 15 is 0 Å². The molecule has 0 amide bonds. The monoisotopic (exact) mass is 211 g/mol. The predicted molar refractivity (Wildman–Crippen MR) is 58.6 cm³/mol. The van der Waals surface area contributed by atoms with Crippen molar-refractivity contribution < 1.29 is 14.6 Å². The zero-order chi connectivity index (χ0) is 11.3. The molecule has 0 saturated heterocycles. The maximum absolute atomic E-state index is 9.67. The van der Waals surface area contributed by atoms with Crippen molar-refractivity contribution in [3.8, 4) is 17.2 Å². The molecule has 1 aromatic carbocycles. The Kier molecular flexibility index (Phi) is 4.24. The zero-order valence-corrected chi connectivity index (χ0v) is 9.33. The van der Waals surface area contributed by atoms with Gasteiger partial charge in [-0.25, -0.2) is 0 Å². The summed E-state index contributed by atoms with van der Waals surface area (Å²) in [5, 5.41) is 12.9. The summed E-state index contributed by atoms with van der Waals surface area (Å²) in [6.07, 6.45) is 0. The zero-order valence-electron chi connectivity index (χ0n) is 9.33. The van der Waals surface area contributed by atoms with E-state index in [1.807, 2.05) is 6.92 Å². The number of nitrogens with one attached hydrogen (secondary N) is 1. The topological polar surface area (TPSA) is 50.7 Å². The maximum atomic E-state index is 9.67. The van der Waals surface area contributed by atoms with Crippen LogP contribution in [0.5, 0.6) is 17.2 Å². The summed E-state index contributed by atoms with van der Waals surface area (Å²) < 4.78 is 10.1. The standard InChI is InChI=1S/C11H17NO3/c1-4-12-7-8-5-9(14-2)11(13)10(6-8)15-3/h5-6,12-13H,4,7H2,1-3H3. The van der Waals surface area contributed by atoms with E-state index in [0.717, 1.165) is 18.7 Å². The first-order valence-corrected chi connectivity index (χ1v) is 4.87. The van der Waals surface area contributed by atoms with Crippen molar-refractivity contribution in [3.63, 3.8) is 0 Å². The van der Waals surface area contributed by atoms with Crippen LogP contribution < -0.4 is 14.8 Å². The van der Waals surface area contributed by atoms with Gasteiger partial charge in [0.1, 0.15) is 0 Å². The molecular weight excluding hydrogens is 194 g/mol. The Morgan fingerprint density at radius 3 is 2.13 bits per heavy atom. The number of rotatable bonds is 5. The largest absolute Gasteiger partial charge is 0.502 e. The van der Waals surface area contributed by atoms with Crippen LogP contribution in [0.4, 0.5) is 0 Å². The predicted octanol–water partition coefficient (Wildman–Crippen LogP) is 1.52. The first-order chi connectivity index (χ1) is 7.22. The van der Waals surface area contributed by atoms with E-state index < -0.39 is 0 Å². The molecule has 0 atom stereocenters. The summed E-state index contributed by atoms with van der Waals surface area (Å²) in [6, 6.07) is 3.58. The highest BCUT2D eigenvalue weighted by Gasteiger charge is 2.10. The van der Waals surface area contributed by atoms with Gasteiger partial charge in [0.05, 0.1) is 14.2 Å². The van der Waals surface area contributed by atoms with E-state index in [9.17, 15) is 5.11 Å². The van der Waals surface area contributed by atoms with Crippen molar-refractivity contribution in [2.75, 3.05) is 20.8 Å². The van der Waals surface area contributed by atoms with Gasteiger partial charge in [-0.15, -0.1) is 0 Å². The minimum atomic E-state index is 0.0419. The van der Waals surface area contributed by atoms with Gasteiger partial charge >= 0.3 is 0 Å². The van der Waals surface area contributed by atoms with Gasteiger partial charge < -0.3 is 19.9 Å². The van der Waals surface area contributed by atoms with Gasteiger partial charge in [-0.1, -0.05) is 6.92 Å². The fourth-order valence-corrected chi connectivity index (χ4v) is 1.32. The van der Waals surface area contributed by atoms with E-state index in [4.69, 9.17) is 9.47 Å². The van der Waals surface area contributed by atoms with Gasteiger partial charge in [0, 0.05) is 6.54 Å². The second-order valence-electron chi connectivity index (χ2n) is 3.13. The molecule has 15 heavy (non-hydrogen) atoms. The average molecular weight is 211 g/mol. The second kappa shape index (κ2) is 5.46. The molecule has 84 valence electrons. The lowest BCUT2D eigenvalue weighted by molar-refractivity contribution is 0.339. The van der Waals surface area contributed by atoms with Gasteiger partial charge in [-0.3, -0.25) is 0 Å². The maximum Gasteiger partial charge on any atom is 0.200 e. The molecule has 0 spiro atoms. The van der Waals surface area contributed by atoms with Crippen LogP contribution in [0.15, 0.2) is 12.1 Å². The Hall–Kier alpha value is -1.42. The second-order valence-corrected chi connectivity index (χ2v) is 3.13. The summed E-state index contributed by atoms with van der Waals surface area (Å²) in [5.41, 5.74) is 1.02. The minimum absolute atomic E-state index is 0.0419. The van der Waals surface area contributed by atoms with Crippen molar-refractivity contribution in [1.82, 2.24) is 5.32 Å². The highest BCUT2D eigenvalue weighted by molar-refractivity contribution is 5.52. The molecule has 1 aromatic rings. The number of hydrogen-bond donors (Lipinski definition) is 2. The number of aromatic hydroxyl groups is 1. The molecule has 1 rings (SSSR count). The molecule has 0 aromatic heterocycles. The molecule has 4 heteroatoms. The van der Waals surface area contributed by atoms with Crippen LogP contribution in [-0.4, -0.2) is 25.9 Å². The SMILES string of the molecule is CCNCc1cc(OC)c(O)c(OC)c1. The van der Waals surface area contributed by atoms with Crippen molar-refractivity contribution >= 4 is 0 Å². The molecule has 0 radical (unpaired) electrons. The molecular formula is C11H17NO3. The van der Waals surface area contributed by atoms with Crippen LogP contribution in [0.1, 0.15) is 12.5 Å². The number of methoxy groups -OCH3 is 2. The summed E-state index contributed by atoms with van der Waals surface area (Å²) in [6.45, 7) is 3.66. The van der Waals surface area contributed by atoms with Crippen LogP contribution in [0.3, 0.4) is 0 Å². The lowest BCUT2D eigenvalue weighted by Gasteiger charge is -2.11. The number of benzene rings is 1. The third-order valence-corrected chi connectivity index (χ3v) is 2.12. The number of ether oxygens (including phenoxy) is 2. The van der Waals surface area contributed by atoms with E-state index in [2.05, 4.69) is 5.32 Å². The van der Waals surface area contributed by atoms with Gasteiger partial charge in [0.15, 0.2) is 11.5 Å². The molecule has 2 N–H and O–H groups in total. The van der Waals surface area contributed by atoms with E-state index in [1.165, 1.54) is 14.2 Å². The summed E-state index contributed by atoms with van der Waals surface area (Å²) in [7, 11) is 3.04. The third-order valence-electron chi connectivity index (χ3n) is 2.12. The van der Waals surface area contributed by atoms with Crippen molar-refractivity contribution in [3.05, 3.63) is 17.7 Å². The fraction of sp³-hybridized carbons (Fsp3) is 0.455. The first-order valence-electron chi connectivity index (χ1n) is 4.87. The smallest absolute Gasteiger partial charge is 0.200 e. The first kappa shape index (κ1) is 11.7. The van der Waals surface area contributed by atoms with Gasteiger partial charge in [0.2, 0.25) is 5.75 Å². The van der Waals surface area contributed by atoms with E-state index in [-0.39, 0.29) is 5.75 Å². The van der Waals surface area contributed by atoms with Crippen molar-refractivity contribution in [2.24, 2.45) is 0 Å². The Balaban J connectivity index is 2.98. The molecule has 0 aliphatic rings. The molecule has 4 nitrogen and oxygen atoms in total. The van der Waals surface area contributed by atoms with Gasteiger partial charge in [-0.2, -0.15) is 0 Å². The highest BCUT2D eigenvalue weighted by Crippen LogP contribution is 2.36. The molecule has 0 saturated carbocycles. The van der Waals surface area contributed by atoms with Crippen LogP contribution in [0, 0.1) is 0 Å². The lowest BCUT2D eigenvalue weighted by Crippen LogP contribution is -2.11. The van der Waals surface area contributed by atoms with Gasteiger partial charge in [0.25, 0.3) is 0 Å². The number of phenols is 1. The molecule has 0 aliphatic carbocycles. The van der Waals surface area contributed by atoms with Crippen molar-refractivity contribution in [2.45, 2.75) is 13.5 Å². The number of phenolic OH excluding ortho intramolecular Hbond substituents is 1. The summed E-state index contributed by atoms with van der Waals surface area (Å²) in [5.74, 6) is 0.907. The van der Waals surface area contributed by atoms with E-state index in [1.54, 1.807) is 12.1 Å². The Bertz CT molecular complexity index is 301. The average Bonchev–Trinajstić information content (AvgIpc) is 2.27. The van der Waals surface area contributed by atoms with E-state index in [0.29, 0.717) is 11.5 Å². The van der Waals surface area contributed by atoms with Crippen LogP contribution in [-0.2, 0) is 6.54 Å².